The molecule has 0 saturated heterocycles. The molecule has 6 heteroatoms. The van der Waals surface area contributed by atoms with Gasteiger partial charge in [0, 0.05) is 22.0 Å². The number of carbonyl (C=O) groups excluding carboxylic acids is 1. The van der Waals surface area contributed by atoms with E-state index in [1.807, 2.05) is 54.6 Å². The normalized spacial score (nSPS) is 10.9. The fourth-order valence-corrected chi connectivity index (χ4v) is 4.01. The fraction of sp³-hybridized carbons (Fsp3) is 0.0370. The molecule has 4 aromatic carbocycles. The van der Waals surface area contributed by atoms with Crippen molar-refractivity contribution in [1.29, 1.82) is 0 Å². The van der Waals surface area contributed by atoms with Gasteiger partial charge < -0.3 is 14.5 Å². The quantitative estimate of drug-likeness (QED) is 0.316. The van der Waals surface area contributed by atoms with Crippen LogP contribution in [0.3, 0.4) is 0 Å². The molecule has 5 nitrogen and oxygen atoms in total. The van der Waals surface area contributed by atoms with Gasteiger partial charge >= 0.3 is 5.63 Å². The Balaban J connectivity index is 1.32. The van der Waals surface area contributed by atoms with Gasteiger partial charge in [-0.1, -0.05) is 72.3 Å². The van der Waals surface area contributed by atoms with Crippen LogP contribution >= 0.6 is 11.6 Å². The highest BCUT2D eigenvalue weighted by Gasteiger charge is 2.13. The fourth-order valence-electron chi connectivity index (χ4n) is 3.72. The molecule has 0 atom stereocenters. The van der Waals surface area contributed by atoms with Gasteiger partial charge in [-0.2, -0.15) is 0 Å². The van der Waals surface area contributed by atoms with Crippen LogP contribution in [0.1, 0.15) is 0 Å². The number of fused-ring (bicyclic) bond motifs is 2. The highest BCUT2D eigenvalue weighted by Crippen LogP contribution is 2.30. The highest BCUT2D eigenvalue weighted by atomic mass is 35.5. The third kappa shape index (κ3) is 4.31. The minimum atomic E-state index is -0.476. The zero-order chi connectivity index (χ0) is 22.8. The number of hydrogen-bond donors (Lipinski definition) is 1. The second-order valence-electron chi connectivity index (χ2n) is 7.49. The minimum Gasteiger partial charge on any atom is -0.483 e. The van der Waals surface area contributed by atoms with Gasteiger partial charge in [0.1, 0.15) is 11.3 Å². The number of amides is 1. The van der Waals surface area contributed by atoms with Crippen LogP contribution in [0.4, 0.5) is 5.69 Å². The first kappa shape index (κ1) is 20.8. The second kappa shape index (κ2) is 8.81. The molecule has 5 aromatic rings. The summed E-state index contributed by atoms with van der Waals surface area (Å²) in [7, 11) is 0. The van der Waals surface area contributed by atoms with Crippen molar-refractivity contribution in [3.05, 3.63) is 106 Å². The number of hydrogen-bond acceptors (Lipinski definition) is 4. The molecule has 0 spiro atoms. The van der Waals surface area contributed by atoms with Gasteiger partial charge in [0.2, 0.25) is 0 Å². The lowest BCUT2D eigenvalue weighted by Crippen LogP contribution is -2.20. The topological polar surface area (TPSA) is 68.5 Å². The number of anilines is 1. The molecule has 162 valence electrons. The SMILES string of the molecule is O=C(COc1cccc2ccccc12)Nc1ccc(-c2cc3ccccc3oc2=O)c(Cl)c1. The van der Waals surface area contributed by atoms with Crippen LogP contribution in [0.25, 0.3) is 32.9 Å². The maximum atomic E-state index is 12.5. The van der Waals surface area contributed by atoms with Gasteiger partial charge in [0.25, 0.3) is 5.91 Å². The molecular formula is C27H18ClNO4. The van der Waals surface area contributed by atoms with Crippen LogP contribution in [-0.4, -0.2) is 12.5 Å². The Labute approximate surface area is 194 Å². The third-order valence-corrected chi connectivity index (χ3v) is 5.61. The molecule has 0 aliphatic carbocycles. The predicted molar refractivity (Wildman–Crippen MR) is 131 cm³/mol. The van der Waals surface area contributed by atoms with Crippen molar-refractivity contribution >= 4 is 44.9 Å². The summed E-state index contributed by atoms with van der Waals surface area (Å²) >= 11 is 6.45. The van der Waals surface area contributed by atoms with E-state index in [4.69, 9.17) is 20.8 Å². The summed E-state index contributed by atoms with van der Waals surface area (Å²) in [5, 5.41) is 5.87. The Hall–Kier alpha value is -4.09. The van der Waals surface area contributed by atoms with Gasteiger partial charge in [-0.25, -0.2) is 4.79 Å². The molecule has 0 bridgehead atoms. The zero-order valence-electron chi connectivity index (χ0n) is 17.4. The first-order chi connectivity index (χ1) is 16.1. The Kier molecular flexibility index (Phi) is 5.55. The molecule has 0 unspecified atom stereocenters. The van der Waals surface area contributed by atoms with E-state index in [-0.39, 0.29) is 12.5 Å². The smallest absolute Gasteiger partial charge is 0.344 e. The second-order valence-corrected chi connectivity index (χ2v) is 7.90. The molecule has 0 aliphatic rings. The van der Waals surface area contributed by atoms with Crippen molar-refractivity contribution in [3.8, 4) is 16.9 Å². The average molecular weight is 456 g/mol. The molecule has 1 aromatic heterocycles. The monoisotopic (exact) mass is 455 g/mol. The molecule has 33 heavy (non-hydrogen) atoms. The first-order valence-electron chi connectivity index (χ1n) is 10.3. The van der Waals surface area contributed by atoms with Crippen LogP contribution in [0.15, 0.2) is 100 Å². The van der Waals surface area contributed by atoms with Crippen molar-refractivity contribution < 1.29 is 13.9 Å². The Morgan fingerprint density at radius 3 is 2.45 bits per heavy atom. The molecule has 1 heterocycles. The zero-order valence-corrected chi connectivity index (χ0v) is 18.1. The van der Waals surface area contributed by atoms with Gasteiger partial charge in [-0.05, 0) is 35.7 Å². The van der Waals surface area contributed by atoms with Crippen LogP contribution < -0.4 is 15.7 Å². The summed E-state index contributed by atoms with van der Waals surface area (Å²) < 4.78 is 11.1. The molecule has 0 fully saturated rings. The van der Waals surface area contributed by atoms with Gasteiger partial charge in [-0.3, -0.25) is 4.79 Å². The van der Waals surface area contributed by atoms with Gasteiger partial charge in [0.15, 0.2) is 6.61 Å². The van der Waals surface area contributed by atoms with E-state index in [0.29, 0.717) is 33.2 Å². The van der Waals surface area contributed by atoms with E-state index in [1.165, 1.54) is 0 Å². The van der Waals surface area contributed by atoms with Gasteiger partial charge in [-0.15, -0.1) is 0 Å². The van der Waals surface area contributed by atoms with Crippen molar-refractivity contribution in [1.82, 2.24) is 0 Å². The number of ether oxygens (including phenoxy) is 1. The summed E-state index contributed by atoms with van der Waals surface area (Å²) in [6, 6.07) is 27.5. The number of benzene rings is 4. The molecule has 0 radical (unpaired) electrons. The van der Waals surface area contributed by atoms with Crippen molar-refractivity contribution in [2.75, 3.05) is 11.9 Å². The molecular weight excluding hydrogens is 438 g/mol. The van der Waals surface area contributed by atoms with Crippen LogP contribution in [0.2, 0.25) is 5.02 Å². The van der Waals surface area contributed by atoms with Crippen molar-refractivity contribution in [2.24, 2.45) is 0 Å². The summed E-state index contributed by atoms with van der Waals surface area (Å²) in [6.07, 6.45) is 0. The van der Waals surface area contributed by atoms with Crippen molar-refractivity contribution in [3.63, 3.8) is 0 Å². The van der Waals surface area contributed by atoms with E-state index in [9.17, 15) is 9.59 Å². The molecule has 1 N–H and O–H groups in total. The van der Waals surface area contributed by atoms with Crippen LogP contribution in [-0.2, 0) is 4.79 Å². The number of para-hydroxylation sites is 1. The highest BCUT2D eigenvalue weighted by molar-refractivity contribution is 6.33. The summed E-state index contributed by atoms with van der Waals surface area (Å²) in [4.78, 5) is 24.9. The minimum absolute atomic E-state index is 0.151. The van der Waals surface area contributed by atoms with E-state index < -0.39 is 5.63 Å². The molecule has 5 rings (SSSR count). The summed E-state index contributed by atoms with van der Waals surface area (Å²) in [5.74, 6) is 0.316. The number of carbonyl (C=O) groups is 1. The molecule has 0 aliphatic heterocycles. The first-order valence-corrected chi connectivity index (χ1v) is 10.7. The molecule has 0 saturated carbocycles. The maximum Gasteiger partial charge on any atom is 0.344 e. The Bertz CT molecular complexity index is 1550. The average Bonchev–Trinajstić information content (AvgIpc) is 2.82. The largest absolute Gasteiger partial charge is 0.483 e. The van der Waals surface area contributed by atoms with E-state index >= 15 is 0 Å². The lowest BCUT2D eigenvalue weighted by molar-refractivity contribution is -0.118. The lowest BCUT2D eigenvalue weighted by atomic mass is 10.1. The van der Waals surface area contributed by atoms with E-state index in [0.717, 1.165) is 16.2 Å². The summed E-state index contributed by atoms with van der Waals surface area (Å²) in [6.45, 7) is -0.151. The Morgan fingerprint density at radius 1 is 0.848 bits per heavy atom. The standard InChI is InChI=1S/C27H18ClNO4/c28-23-15-19(12-13-21(23)22-14-18-7-2-4-10-24(18)33-27(22)31)29-26(30)16-32-25-11-5-8-17-6-1-3-9-20(17)25/h1-15H,16H2,(H,29,30). The number of nitrogens with one attached hydrogen (secondary N) is 1. The number of halogens is 1. The van der Waals surface area contributed by atoms with E-state index in [2.05, 4.69) is 5.32 Å². The number of rotatable bonds is 5. The van der Waals surface area contributed by atoms with Crippen LogP contribution in [0.5, 0.6) is 5.75 Å². The third-order valence-electron chi connectivity index (χ3n) is 5.29. The lowest BCUT2D eigenvalue weighted by Gasteiger charge is -2.11. The van der Waals surface area contributed by atoms with Crippen LogP contribution in [0, 0.1) is 0 Å². The molecule has 1 amide bonds. The Morgan fingerprint density at radius 2 is 1.61 bits per heavy atom. The van der Waals surface area contributed by atoms with Gasteiger partial charge in [0.05, 0.1) is 10.6 Å². The van der Waals surface area contributed by atoms with E-state index in [1.54, 1.807) is 36.4 Å². The maximum absolute atomic E-state index is 12.5. The van der Waals surface area contributed by atoms with Crippen molar-refractivity contribution in [2.45, 2.75) is 0 Å². The predicted octanol–water partition coefficient (Wildman–Crippen LogP) is 6.28. The summed E-state index contributed by atoms with van der Waals surface area (Å²) in [5.41, 5.74) is 1.42.